The zero-order valence-electron chi connectivity index (χ0n) is 16.9. The fourth-order valence-corrected chi connectivity index (χ4v) is 4.20. The number of fused-ring (bicyclic) bond motifs is 1. The number of carbonyl (C=O) groups excluding carboxylic acids is 3. The molecule has 2 atom stereocenters. The lowest BCUT2D eigenvalue weighted by atomic mass is 9.82. The molecule has 0 radical (unpaired) electrons. The molecule has 8 nitrogen and oxygen atoms in total. The largest absolute Gasteiger partial charge is 0.282 e. The molecule has 158 valence electrons. The Kier molecular flexibility index (Phi) is 5.37. The monoisotopic (exact) mass is 419 g/mol. The van der Waals surface area contributed by atoms with E-state index in [1.165, 1.54) is 24.3 Å². The van der Waals surface area contributed by atoms with Crippen LogP contribution < -0.4 is 0 Å². The molecule has 2 aromatic carbocycles. The number of nitrogens with zero attached hydrogens (tertiary/aromatic N) is 3. The summed E-state index contributed by atoms with van der Waals surface area (Å²) >= 11 is 0. The summed E-state index contributed by atoms with van der Waals surface area (Å²) in [5, 5.41) is 13.4. The van der Waals surface area contributed by atoms with Crippen molar-refractivity contribution in [2.75, 3.05) is 0 Å². The van der Waals surface area contributed by atoms with Crippen molar-refractivity contribution in [1.82, 2.24) is 10.0 Å². The molecule has 0 aromatic heterocycles. The van der Waals surface area contributed by atoms with Crippen LogP contribution in [0.3, 0.4) is 0 Å². The lowest BCUT2D eigenvalue weighted by molar-refractivity contribution is -0.385. The maximum Gasteiger partial charge on any atom is 0.282 e. The normalized spacial score (nSPS) is 20.3. The van der Waals surface area contributed by atoms with Gasteiger partial charge in [-0.2, -0.15) is 5.01 Å². The molecule has 2 aromatic rings. The van der Waals surface area contributed by atoms with E-state index in [1.54, 1.807) is 24.3 Å². The van der Waals surface area contributed by atoms with Gasteiger partial charge in [0.15, 0.2) is 0 Å². The number of nitro groups is 1. The average Bonchev–Trinajstić information content (AvgIpc) is 3.01. The molecule has 0 N–H and O–H groups in total. The molecule has 1 aliphatic carbocycles. The second kappa shape index (κ2) is 8.14. The number of hydrogen-bond donors (Lipinski definition) is 0. The topological polar surface area (TPSA) is 101 Å². The molecule has 4 rings (SSSR count). The Morgan fingerprint density at radius 2 is 1.71 bits per heavy atom. The Balaban J connectivity index is 1.76. The van der Waals surface area contributed by atoms with Crippen molar-refractivity contribution in [1.29, 1.82) is 0 Å². The molecule has 0 saturated carbocycles. The predicted octanol–water partition coefficient (Wildman–Crippen LogP) is 3.49. The number of carbonyl (C=O) groups is 3. The highest BCUT2D eigenvalue weighted by Gasteiger charge is 2.51. The molecule has 1 saturated heterocycles. The van der Waals surface area contributed by atoms with E-state index in [9.17, 15) is 24.5 Å². The highest BCUT2D eigenvalue weighted by Crippen LogP contribution is 2.39. The third kappa shape index (κ3) is 3.72. The van der Waals surface area contributed by atoms with Crippen LogP contribution >= 0.6 is 0 Å². The van der Waals surface area contributed by atoms with Gasteiger partial charge >= 0.3 is 0 Å². The molecule has 3 amide bonds. The Bertz CT molecular complexity index is 1100. The number of hydrazine groups is 1. The second-order valence-corrected chi connectivity index (χ2v) is 7.81. The Labute approximate surface area is 178 Å². The van der Waals surface area contributed by atoms with Crippen LogP contribution in [-0.2, 0) is 16.1 Å². The number of allylic oxidation sites excluding steroid dienone is 2. The summed E-state index contributed by atoms with van der Waals surface area (Å²) in [5.74, 6) is -2.68. The van der Waals surface area contributed by atoms with Crippen LogP contribution in [0.25, 0.3) is 0 Å². The van der Waals surface area contributed by atoms with Gasteiger partial charge in [0.25, 0.3) is 23.4 Å². The minimum atomic E-state index is -0.763. The van der Waals surface area contributed by atoms with Crippen molar-refractivity contribution in [2.45, 2.75) is 26.3 Å². The highest BCUT2D eigenvalue weighted by molar-refractivity contribution is 6.08. The highest BCUT2D eigenvalue weighted by atomic mass is 16.6. The van der Waals surface area contributed by atoms with E-state index in [1.807, 2.05) is 19.1 Å². The number of nitro benzene ring substituents is 1. The first-order valence-corrected chi connectivity index (χ1v) is 10.0. The minimum Gasteiger partial charge on any atom is -0.272 e. The third-order valence-electron chi connectivity index (χ3n) is 5.78. The van der Waals surface area contributed by atoms with Gasteiger partial charge in [0, 0.05) is 6.07 Å². The van der Waals surface area contributed by atoms with Crippen LogP contribution in [-0.4, -0.2) is 32.7 Å². The van der Waals surface area contributed by atoms with Gasteiger partial charge in [0.1, 0.15) is 5.56 Å². The summed E-state index contributed by atoms with van der Waals surface area (Å²) in [6.07, 6.45) is 2.85. The van der Waals surface area contributed by atoms with E-state index >= 15 is 0 Å². The molecular weight excluding hydrogens is 398 g/mol. The van der Waals surface area contributed by atoms with Crippen molar-refractivity contribution in [3.63, 3.8) is 0 Å². The molecule has 0 spiro atoms. The second-order valence-electron chi connectivity index (χ2n) is 7.81. The van der Waals surface area contributed by atoms with E-state index in [-0.39, 0.29) is 17.8 Å². The first kappa shape index (κ1) is 20.5. The molecule has 8 heteroatoms. The number of para-hydroxylation sites is 1. The predicted molar refractivity (Wildman–Crippen MR) is 111 cm³/mol. The number of amides is 3. The van der Waals surface area contributed by atoms with Gasteiger partial charge in [0.2, 0.25) is 0 Å². The molecule has 2 aliphatic rings. The maximum absolute atomic E-state index is 13.5. The van der Waals surface area contributed by atoms with E-state index in [0.29, 0.717) is 18.4 Å². The average molecular weight is 419 g/mol. The zero-order valence-corrected chi connectivity index (χ0v) is 16.9. The Morgan fingerprint density at radius 3 is 2.42 bits per heavy atom. The fourth-order valence-electron chi connectivity index (χ4n) is 4.20. The molecule has 0 bridgehead atoms. The number of imide groups is 1. The third-order valence-corrected chi connectivity index (χ3v) is 5.78. The molecule has 1 heterocycles. The number of rotatable bonds is 5. The smallest absolute Gasteiger partial charge is 0.272 e. The summed E-state index contributed by atoms with van der Waals surface area (Å²) in [6.45, 7) is 1.85. The van der Waals surface area contributed by atoms with Gasteiger partial charge in [-0.1, -0.05) is 54.1 Å². The van der Waals surface area contributed by atoms with Gasteiger partial charge in [0.05, 0.1) is 23.3 Å². The fraction of sp³-hybridized carbons (Fsp3) is 0.261. The minimum absolute atomic E-state index is 0.0605. The van der Waals surface area contributed by atoms with Crippen molar-refractivity contribution in [2.24, 2.45) is 11.8 Å². The summed E-state index contributed by atoms with van der Waals surface area (Å²) in [6, 6.07) is 14.5. The lowest BCUT2D eigenvalue weighted by Gasteiger charge is -2.30. The zero-order chi connectivity index (χ0) is 22.1. The van der Waals surface area contributed by atoms with Crippen LogP contribution in [0.4, 0.5) is 5.69 Å². The first-order valence-electron chi connectivity index (χ1n) is 10.0. The van der Waals surface area contributed by atoms with Crippen LogP contribution in [0.2, 0.25) is 0 Å². The molecule has 31 heavy (non-hydrogen) atoms. The van der Waals surface area contributed by atoms with E-state index in [2.05, 4.69) is 0 Å². The number of benzene rings is 2. The number of hydrogen-bond acceptors (Lipinski definition) is 5. The quantitative estimate of drug-likeness (QED) is 0.320. The SMILES string of the molecule is CC1=CC[C@@H]2C(=O)N(N(Cc3ccccc3)C(=O)c3ccccc3[N+](=O)[O-])C(=O)[C@H]2C1. The van der Waals surface area contributed by atoms with E-state index in [0.717, 1.165) is 15.6 Å². The van der Waals surface area contributed by atoms with Crippen LogP contribution in [0.5, 0.6) is 0 Å². The molecule has 0 unspecified atom stereocenters. The molecule has 1 aliphatic heterocycles. The van der Waals surface area contributed by atoms with Crippen molar-refractivity contribution >= 4 is 23.4 Å². The van der Waals surface area contributed by atoms with Crippen molar-refractivity contribution in [3.05, 3.63) is 87.5 Å². The standard InChI is InChI=1S/C23H21N3O5/c1-15-11-12-17-19(13-15)23(29)25(22(17)28)24(14-16-7-3-2-4-8-16)21(27)18-9-5-6-10-20(18)26(30)31/h2-11,17,19H,12-14H2,1H3/t17-,19-/m0/s1. The summed E-state index contributed by atoms with van der Waals surface area (Å²) in [4.78, 5) is 50.7. The van der Waals surface area contributed by atoms with E-state index < -0.39 is 34.5 Å². The van der Waals surface area contributed by atoms with Gasteiger partial charge in [-0.25, -0.2) is 5.01 Å². The van der Waals surface area contributed by atoms with Crippen molar-refractivity contribution in [3.8, 4) is 0 Å². The van der Waals surface area contributed by atoms with Crippen molar-refractivity contribution < 1.29 is 19.3 Å². The van der Waals surface area contributed by atoms with Gasteiger partial charge in [-0.15, -0.1) is 0 Å². The van der Waals surface area contributed by atoms with Crippen LogP contribution in [0.15, 0.2) is 66.2 Å². The Morgan fingerprint density at radius 1 is 1.06 bits per heavy atom. The summed E-state index contributed by atoms with van der Waals surface area (Å²) in [7, 11) is 0. The molecule has 1 fully saturated rings. The first-order chi connectivity index (χ1) is 14.9. The summed E-state index contributed by atoms with van der Waals surface area (Å²) in [5.41, 5.74) is 1.18. The van der Waals surface area contributed by atoms with Gasteiger partial charge < -0.3 is 0 Å². The van der Waals surface area contributed by atoms with Gasteiger partial charge in [-0.3, -0.25) is 24.5 Å². The van der Waals surface area contributed by atoms with Crippen LogP contribution in [0, 0.1) is 22.0 Å². The van der Waals surface area contributed by atoms with Crippen LogP contribution in [0.1, 0.15) is 35.7 Å². The lowest BCUT2D eigenvalue weighted by Crippen LogP contribution is -2.50. The maximum atomic E-state index is 13.5. The molecular formula is C23H21N3O5. The van der Waals surface area contributed by atoms with E-state index in [4.69, 9.17) is 0 Å². The van der Waals surface area contributed by atoms with Gasteiger partial charge in [-0.05, 0) is 31.4 Å². The Hall–Kier alpha value is -3.81. The summed E-state index contributed by atoms with van der Waals surface area (Å²) < 4.78 is 0.